The molecule has 0 radical (unpaired) electrons. The van der Waals surface area contributed by atoms with Gasteiger partial charge in [0.05, 0.1) is 11.5 Å². The summed E-state index contributed by atoms with van der Waals surface area (Å²) in [5.41, 5.74) is 1.64. The van der Waals surface area contributed by atoms with Crippen LogP contribution in [0.15, 0.2) is 29.2 Å². The smallest absolute Gasteiger partial charge is 0.260 e. The first-order valence-corrected chi connectivity index (χ1v) is 12.8. The SMILES string of the molecule is CN1CCN(c2ccc3c(c2)c(=O)n([C@H]2CC[C@H](O)CC2)c2nc(NC4CC(F)C4)ncc32)CC1. The molecule has 0 amide bonds. The zero-order valence-electron chi connectivity index (χ0n) is 20.2. The number of benzene rings is 1. The average molecular weight is 481 g/mol. The van der Waals surface area contributed by atoms with E-state index in [1.807, 2.05) is 16.7 Å². The van der Waals surface area contributed by atoms with Crippen LogP contribution in [0.2, 0.25) is 0 Å². The number of aliphatic hydroxyl groups excluding tert-OH is 1. The Bertz CT molecular complexity index is 1290. The molecule has 3 heterocycles. The van der Waals surface area contributed by atoms with Gasteiger partial charge in [-0.05, 0) is 63.1 Å². The van der Waals surface area contributed by atoms with Crippen molar-refractivity contribution in [2.75, 3.05) is 43.4 Å². The summed E-state index contributed by atoms with van der Waals surface area (Å²) in [5.74, 6) is 0.437. The van der Waals surface area contributed by atoms with Crippen LogP contribution in [0.3, 0.4) is 0 Å². The van der Waals surface area contributed by atoms with E-state index in [0.29, 0.717) is 42.7 Å². The van der Waals surface area contributed by atoms with Gasteiger partial charge in [0.1, 0.15) is 11.8 Å². The lowest BCUT2D eigenvalue weighted by atomic mass is 9.91. The lowest BCUT2D eigenvalue weighted by molar-refractivity contribution is 0.111. The summed E-state index contributed by atoms with van der Waals surface area (Å²) in [6, 6.07) is 6.15. The van der Waals surface area contributed by atoms with Gasteiger partial charge >= 0.3 is 0 Å². The van der Waals surface area contributed by atoms with Crippen molar-refractivity contribution in [1.82, 2.24) is 19.4 Å². The highest BCUT2D eigenvalue weighted by molar-refractivity contribution is 6.05. The monoisotopic (exact) mass is 480 g/mol. The molecule has 3 aliphatic rings. The Balaban J connectivity index is 1.47. The van der Waals surface area contributed by atoms with E-state index in [1.54, 1.807) is 6.20 Å². The van der Waals surface area contributed by atoms with Gasteiger partial charge in [0.2, 0.25) is 5.95 Å². The van der Waals surface area contributed by atoms with E-state index >= 15 is 0 Å². The van der Waals surface area contributed by atoms with Gasteiger partial charge in [-0.15, -0.1) is 0 Å². The third kappa shape index (κ3) is 4.25. The molecule has 2 saturated carbocycles. The summed E-state index contributed by atoms with van der Waals surface area (Å²) in [7, 11) is 2.13. The first-order valence-electron chi connectivity index (χ1n) is 12.8. The van der Waals surface area contributed by atoms with Crippen LogP contribution >= 0.6 is 0 Å². The number of aliphatic hydroxyl groups is 1. The van der Waals surface area contributed by atoms with E-state index in [0.717, 1.165) is 55.5 Å². The highest BCUT2D eigenvalue weighted by Crippen LogP contribution is 2.33. The van der Waals surface area contributed by atoms with Gasteiger partial charge < -0.3 is 20.2 Å². The van der Waals surface area contributed by atoms with Gasteiger partial charge in [-0.2, -0.15) is 4.98 Å². The van der Waals surface area contributed by atoms with E-state index < -0.39 is 6.17 Å². The van der Waals surface area contributed by atoms with Crippen LogP contribution in [0.4, 0.5) is 16.0 Å². The summed E-state index contributed by atoms with van der Waals surface area (Å²) in [5, 5.41) is 15.7. The Morgan fingerprint density at radius 1 is 1.03 bits per heavy atom. The van der Waals surface area contributed by atoms with Crippen molar-refractivity contribution in [2.24, 2.45) is 0 Å². The summed E-state index contributed by atoms with van der Waals surface area (Å²) in [4.78, 5) is 28.0. The number of nitrogens with one attached hydrogen (secondary N) is 1. The highest BCUT2D eigenvalue weighted by Gasteiger charge is 2.30. The number of piperazine rings is 1. The first-order chi connectivity index (χ1) is 17.0. The molecule has 186 valence electrons. The van der Waals surface area contributed by atoms with E-state index in [9.17, 15) is 14.3 Å². The van der Waals surface area contributed by atoms with Crippen molar-refractivity contribution in [3.05, 3.63) is 34.7 Å². The van der Waals surface area contributed by atoms with Gasteiger partial charge in [0.15, 0.2) is 0 Å². The second-order valence-electron chi connectivity index (χ2n) is 10.5. The molecule has 9 heteroatoms. The molecular formula is C26H33FN6O2. The number of hydrogen-bond acceptors (Lipinski definition) is 7. The van der Waals surface area contributed by atoms with E-state index in [1.165, 1.54) is 0 Å². The van der Waals surface area contributed by atoms with Crippen LogP contribution in [-0.2, 0) is 0 Å². The molecule has 0 spiro atoms. The number of rotatable bonds is 4. The zero-order chi connectivity index (χ0) is 24.1. The van der Waals surface area contributed by atoms with Crippen molar-refractivity contribution in [3.8, 4) is 0 Å². The molecule has 35 heavy (non-hydrogen) atoms. The van der Waals surface area contributed by atoms with Crippen molar-refractivity contribution >= 4 is 33.4 Å². The molecule has 2 aliphatic carbocycles. The maximum Gasteiger partial charge on any atom is 0.260 e. The normalized spacial score (nSPS) is 27.8. The van der Waals surface area contributed by atoms with Crippen LogP contribution in [0.5, 0.6) is 0 Å². The van der Waals surface area contributed by atoms with E-state index in [2.05, 4.69) is 33.2 Å². The molecule has 2 aromatic heterocycles. The molecular weight excluding hydrogens is 447 g/mol. The van der Waals surface area contributed by atoms with Crippen LogP contribution in [0.25, 0.3) is 21.8 Å². The largest absolute Gasteiger partial charge is 0.393 e. The minimum Gasteiger partial charge on any atom is -0.393 e. The zero-order valence-corrected chi connectivity index (χ0v) is 20.2. The second kappa shape index (κ2) is 9.02. The number of fused-ring (bicyclic) bond motifs is 3. The highest BCUT2D eigenvalue weighted by atomic mass is 19.1. The molecule has 1 aliphatic heterocycles. The summed E-state index contributed by atoms with van der Waals surface area (Å²) in [6.07, 6.45) is 4.46. The molecule has 3 fully saturated rings. The number of alkyl halides is 1. The maximum atomic E-state index is 14.0. The fourth-order valence-electron chi connectivity index (χ4n) is 5.75. The van der Waals surface area contributed by atoms with Gasteiger partial charge in [-0.25, -0.2) is 9.37 Å². The van der Waals surface area contributed by atoms with Crippen LogP contribution in [0, 0.1) is 0 Å². The Hall–Kier alpha value is -2.78. The first kappa shape index (κ1) is 22.7. The van der Waals surface area contributed by atoms with Crippen molar-refractivity contribution in [1.29, 1.82) is 0 Å². The predicted octanol–water partition coefficient (Wildman–Crippen LogP) is 3.08. The molecule has 3 aromatic rings. The quantitative estimate of drug-likeness (QED) is 0.555. The van der Waals surface area contributed by atoms with Crippen LogP contribution in [0.1, 0.15) is 44.6 Å². The fourth-order valence-corrected chi connectivity index (χ4v) is 5.75. The summed E-state index contributed by atoms with van der Waals surface area (Å²) >= 11 is 0. The number of nitrogens with zero attached hydrogens (tertiary/aromatic N) is 5. The molecule has 0 bridgehead atoms. The Kier molecular flexibility index (Phi) is 5.84. The molecule has 0 atom stereocenters. The van der Waals surface area contributed by atoms with Crippen molar-refractivity contribution < 1.29 is 9.50 Å². The third-order valence-corrected chi connectivity index (χ3v) is 8.05. The fraction of sp³-hybridized carbons (Fsp3) is 0.577. The number of pyridine rings is 1. The Morgan fingerprint density at radius 2 is 1.77 bits per heavy atom. The average Bonchev–Trinajstić information content (AvgIpc) is 2.84. The number of hydrogen-bond donors (Lipinski definition) is 2. The number of aromatic nitrogens is 3. The molecule has 1 aromatic carbocycles. The number of anilines is 2. The van der Waals surface area contributed by atoms with Crippen LogP contribution in [-0.4, -0.2) is 76.1 Å². The van der Waals surface area contributed by atoms with Gasteiger partial charge in [0.25, 0.3) is 5.56 Å². The molecule has 2 N–H and O–H groups in total. The number of likely N-dealkylation sites (N-methyl/N-ethyl adjacent to an activating group) is 1. The Labute approximate surface area is 203 Å². The van der Waals surface area contributed by atoms with Gasteiger partial charge in [0, 0.05) is 55.5 Å². The summed E-state index contributed by atoms with van der Waals surface area (Å²) < 4.78 is 15.2. The second-order valence-corrected chi connectivity index (χ2v) is 10.5. The molecule has 0 unspecified atom stereocenters. The van der Waals surface area contributed by atoms with Crippen molar-refractivity contribution in [2.45, 2.75) is 62.9 Å². The van der Waals surface area contributed by atoms with Gasteiger partial charge in [-0.1, -0.05) is 6.07 Å². The lowest BCUT2D eigenvalue weighted by Gasteiger charge is -2.34. The topological polar surface area (TPSA) is 86.5 Å². The van der Waals surface area contributed by atoms with Crippen molar-refractivity contribution in [3.63, 3.8) is 0 Å². The standard InChI is InChI=1S/C26H33FN6O2/c1-31-8-10-32(11-9-31)19-4-7-21-22(14-19)25(35)33(18-2-5-20(34)6-3-18)24-23(21)15-28-26(30-24)29-17-12-16(27)13-17/h4,7,14-18,20,34H,2-3,5-6,8-13H2,1H3,(H,28,29,30)/t16?,17?,18-,20-. The van der Waals surface area contributed by atoms with E-state index in [4.69, 9.17) is 4.98 Å². The predicted molar refractivity (Wildman–Crippen MR) is 136 cm³/mol. The van der Waals surface area contributed by atoms with Crippen LogP contribution < -0.4 is 15.8 Å². The maximum absolute atomic E-state index is 14.0. The molecule has 6 rings (SSSR count). The Morgan fingerprint density at radius 3 is 2.49 bits per heavy atom. The molecule has 8 nitrogen and oxygen atoms in total. The minimum absolute atomic E-state index is 0.0215. The lowest BCUT2D eigenvalue weighted by Crippen LogP contribution is -2.44. The van der Waals surface area contributed by atoms with E-state index in [-0.39, 0.29) is 23.7 Å². The third-order valence-electron chi connectivity index (χ3n) is 8.05. The van der Waals surface area contributed by atoms with Gasteiger partial charge in [-0.3, -0.25) is 9.36 Å². The molecule has 1 saturated heterocycles. The summed E-state index contributed by atoms with van der Waals surface area (Å²) in [6.45, 7) is 3.86. The minimum atomic E-state index is -0.766. The number of halogens is 1.